The monoisotopic (exact) mass is 250 g/mol. The van der Waals surface area contributed by atoms with E-state index in [1.54, 1.807) is 6.92 Å². The van der Waals surface area contributed by atoms with Gasteiger partial charge in [0.25, 0.3) is 0 Å². The van der Waals surface area contributed by atoms with Crippen LogP contribution in [0, 0.1) is 6.92 Å². The number of aryl methyl sites for hydroxylation is 1. The highest BCUT2D eigenvalue weighted by Gasteiger charge is 2.05. The third-order valence-electron chi connectivity index (χ3n) is 3.14. The third kappa shape index (κ3) is 2.22. The molecule has 3 nitrogen and oxygen atoms in total. The minimum absolute atomic E-state index is 0.594. The van der Waals surface area contributed by atoms with Gasteiger partial charge in [0.1, 0.15) is 11.4 Å². The van der Waals surface area contributed by atoms with Crippen molar-refractivity contribution in [2.75, 3.05) is 5.73 Å². The molecule has 1 heterocycles. The molecule has 3 aromatic rings. The molecule has 94 valence electrons. The topological polar surface area (TPSA) is 52.0 Å². The SMILES string of the molecule is Cc1onc(/C=C/c2ccc3ccccc3c2)c1N. The number of fused-ring (bicyclic) bond motifs is 1. The average molecular weight is 250 g/mol. The second-order valence-electron chi connectivity index (χ2n) is 4.48. The Morgan fingerprint density at radius 2 is 1.84 bits per heavy atom. The van der Waals surface area contributed by atoms with E-state index in [4.69, 9.17) is 10.3 Å². The molecule has 0 radical (unpaired) electrons. The number of nitrogen functional groups attached to an aromatic ring is 1. The van der Waals surface area contributed by atoms with Crippen molar-refractivity contribution < 1.29 is 4.52 Å². The second kappa shape index (κ2) is 4.61. The van der Waals surface area contributed by atoms with Crippen LogP contribution in [0.3, 0.4) is 0 Å². The normalized spacial score (nSPS) is 11.4. The molecule has 2 N–H and O–H groups in total. The van der Waals surface area contributed by atoms with Gasteiger partial charge in [0.2, 0.25) is 0 Å². The highest BCUT2D eigenvalue weighted by atomic mass is 16.5. The summed E-state index contributed by atoms with van der Waals surface area (Å²) in [5.74, 6) is 0.651. The van der Waals surface area contributed by atoms with Gasteiger partial charge in [-0.1, -0.05) is 47.6 Å². The number of nitrogens with zero attached hydrogens (tertiary/aromatic N) is 1. The van der Waals surface area contributed by atoms with E-state index < -0.39 is 0 Å². The fraction of sp³-hybridized carbons (Fsp3) is 0.0625. The summed E-state index contributed by atoms with van der Waals surface area (Å²) in [6.07, 6.45) is 3.86. The van der Waals surface area contributed by atoms with Crippen LogP contribution in [0.15, 0.2) is 47.0 Å². The highest BCUT2D eigenvalue weighted by Crippen LogP contribution is 2.20. The number of anilines is 1. The Morgan fingerprint density at radius 1 is 1.05 bits per heavy atom. The Kier molecular flexibility index (Phi) is 2.80. The minimum atomic E-state index is 0.594. The second-order valence-corrected chi connectivity index (χ2v) is 4.48. The lowest BCUT2D eigenvalue weighted by Crippen LogP contribution is -1.86. The summed E-state index contributed by atoms with van der Waals surface area (Å²) in [5, 5.41) is 6.36. The fourth-order valence-electron chi connectivity index (χ4n) is 2.00. The standard InChI is InChI=1S/C16H14N2O/c1-11-16(17)15(18-19-11)9-7-12-6-8-13-4-2-3-5-14(13)10-12/h2-10H,17H2,1H3/b9-7+. The smallest absolute Gasteiger partial charge is 0.157 e. The van der Waals surface area contributed by atoms with Crippen LogP contribution in [0.5, 0.6) is 0 Å². The summed E-state index contributed by atoms with van der Waals surface area (Å²) < 4.78 is 5.03. The van der Waals surface area contributed by atoms with E-state index in [9.17, 15) is 0 Å². The predicted molar refractivity (Wildman–Crippen MR) is 78.5 cm³/mol. The van der Waals surface area contributed by atoms with Crippen molar-refractivity contribution >= 4 is 28.6 Å². The zero-order valence-corrected chi connectivity index (χ0v) is 10.6. The van der Waals surface area contributed by atoms with Crippen LogP contribution < -0.4 is 5.73 Å². The molecule has 2 aromatic carbocycles. The fourth-order valence-corrected chi connectivity index (χ4v) is 2.00. The highest BCUT2D eigenvalue weighted by molar-refractivity contribution is 5.86. The first-order chi connectivity index (χ1) is 9.24. The van der Waals surface area contributed by atoms with Crippen molar-refractivity contribution in [2.24, 2.45) is 0 Å². The maximum atomic E-state index is 5.85. The van der Waals surface area contributed by atoms with Gasteiger partial charge >= 0.3 is 0 Å². The van der Waals surface area contributed by atoms with E-state index in [1.807, 2.05) is 24.3 Å². The first kappa shape index (κ1) is 11.5. The number of hydrogen-bond acceptors (Lipinski definition) is 3. The molecule has 19 heavy (non-hydrogen) atoms. The minimum Gasteiger partial charge on any atom is -0.394 e. The quantitative estimate of drug-likeness (QED) is 0.750. The molecular weight excluding hydrogens is 236 g/mol. The zero-order valence-electron chi connectivity index (χ0n) is 10.6. The van der Waals surface area contributed by atoms with Crippen LogP contribution in [-0.4, -0.2) is 5.16 Å². The molecule has 0 aliphatic rings. The van der Waals surface area contributed by atoms with Gasteiger partial charge in [-0.25, -0.2) is 0 Å². The van der Waals surface area contributed by atoms with Gasteiger partial charge in [-0.3, -0.25) is 0 Å². The molecule has 0 saturated carbocycles. The molecule has 0 unspecified atom stereocenters. The lowest BCUT2D eigenvalue weighted by molar-refractivity contribution is 0.397. The summed E-state index contributed by atoms with van der Waals surface area (Å²) >= 11 is 0. The lowest BCUT2D eigenvalue weighted by atomic mass is 10.1. The zero-order chi connectivity index (χ0) is 13.2. The average Bonchev–Trinajstić information content (AvgIpc) is 2.76. The Labute approximate surface area is 111 Å². The van der Waals surface area contributed by atoms with E-state index in [0.717, 1.165) is 5.56 Å². The van der Waals surface area contributed by atoms with Crippen molar-refractivity contribution in [3.63, 3.8) is 0 Å². The number of aromatic nitrogens is 1. The molecule has 0 spiro atoms. The van der Waals surface area contributed by atoms with Crippen LogP contribution in [0.1, 0.15) is 17.0 Å². The number of rotatable bonds is 2. The molecule has 3 rings (SSSR count). The van der Waals surface area contributed by atoms with Crippen molar-refractivity contribution in [1.82, 2.24) is 5.16 Å². The number of nitrogens with two attached hydrogens (primary N) is 1. The van der Waals surface area contributed by atoms with Gasteiger partial charge in [-0.15, -0.1) is 0 Å². The largest absolute Gasteiger partial charge is 0.394 e. The van der Waals surface area contributed by atoms with Crippen LogP contribution in [-0.2, 0) is 0 Å². The van der Waals surface area contributed by atoms with Gasteiger partial charge in [0.15, 0.2) is 5.76 Å². The molecule has 0 amide bonds. The molecule has 0 aliphatic heterocycles. The van der Waals surface area contributed by atoms with Gasteiger partial charge in [0.05, 0.1) is 0 Å². The number of hydrogen-bond donors (Lipinski definition) is 1. The Bertz CT molecular complexity index is 756. The maximum Gasteiger partial charge on any atom is 0.157 e. The molecule has 3 heteroatoms. The number of benzene rings is 2. The molecule has 0 fully saturated rings. The van der Waals surface area contributed by atoms with Crippen LogP contribution >= 0.6 is 0 Å². The Balaban J connectivity index is 1.95. The van der Waals surface area contributed by atoms with Crippen LogP contribution in [0.4, 0.5) is 5.69 Å². The summed E-state index contributed by atoms with van der Waals surface area (Å²) in [5.41, 5.74) is 8.23. The summed E-state index contributed by atoms with van der Waals surface area (Å²) in [7, 11) is 0. The van der Waals surface area contributed by atoms with Gasteiger partial charge < -0.3 is 10.3 Å². The van der Waals surface area contributed by atoms with E-state index in [2.05, 4.69) is 35.5 Å². The van der Waals surface area contributed by atoms with Gasteiger partial charge in [0, 0.05) is 0 Å². The van der Waals surface area contributed by atoms with Crippen molar-refractivity contribution in [1.29, 1.82) is 0 Å². The molecule has 0 atom stereocenters. The predicted octanol–water partition coefficient (Wildman–Crippen LogP) is 3.89. The lowest BCUT2D eigenvalue weighted by Gasteiger charge is -1.98. The molecule has 0 bridgehead atoms. The van der Waals surface area contributed by atoms with Gasteiger partial charge in [-0.05, 0) is 35.4 Å². The van der Waals surface area contributed by atoms with E-state index in [0.29, 0.717) is 17.1 Å². The summed E-state index contributed by atoms with van der Waals surface area (Å²) in [6.45, 7) is 1.80. The van der Waals surface area contributed by atoms with Crippen LogP contribution in [0.25, 0.3) is 22.9 Å². The van der Waals surface area contributed by atoms with E-state index >= 15 is 0 Å². The van der Waals surface area contributed by atoms with Crippen molar-refractivity contribution in [3.8, 4) is 0 Å². The summed E-state index contributed by atoms with van der Waals surface area (Å²) in [4.78, 5) is 0. The first-order valence-corrected chi connectivity index (χ1v) is 6.13. The summed E-state index contributed by atoms with van der Waals surface area (Å²) in [6, 6.07) is 14.6. The molecular formula is C16H14N2O. The third-order valence-corrected chi connectivity index (χ3v) is 3.14. The Hall–Kier alpha value is -2.55. The van der Waals surface area contributed by atoms with Crippen LogP contribution in [0.2, 0.25) is 0 Å². The maximum absolute atomic E-state index is 5.85. The van der Waals surface area contributed by atoms with E-state index in [1.165, 1.54) is 10.8 Å². The van der Waals surface area contributed by atoms with Crippen molar-refractivity contribution in [3.05, 3.63) is 59.5 Å². The van der Waals surface area contributed by atoms with E-state index in [-0.39, 0.29) is 0 Å². The molecule has 1 aromatic heterocycles. The molecule has 0 aliphatic carbocycles. The van der Waals surface area contributed by atoms with Crippen molar-refractivity contribution in [2.45, 2.75) is 6.92 Å². The van der Waals surface area contributed by atoms with Gasteiger partial charge in [-0.2, -0.15) is 0 Å². The first-order valence-electron chi connectivity index (χ1n) is 6.13. The Morgan fingerprint density at radius 3 is 2.58 bits per heavy atom. The molecule has 0 saturated heterocycles.